The minimum Gasteiger partial charge on any atom is -0.494 e. The van der Waals surface area contributed by atoms with E-state index in [1.165, 1.54) is 0 Å². The molecule has 10 heteroatoms. The van der Waals surface area contributed by atoms with E-state index >= 15 is 0 Å². The predicted molar refractivity (Wildman–Crippen MR) is 157 cm³/mol. The van der Waals surface area contributed by atoms with Gasteiger partial charge in [0.25, 0.3) is 5.91 Å². The molecule has 2 amide bonds. The first-order valence-electron chi connectivity index (χ1n) is 13.9. The number of carboxylic acid groups (broad SMARTS) is 1. The summed E-state index contributed by atoms with van der Waals surface area (Å²) in [6, 6.07) is 14.1. The summed E-state index contributed by atoms with van der Waals surface area (Å²) in [4.78, 5) is 23.5. The fraction of sp³-hybridized carbons (Fsp3) is 0.516. The van der Waals surface area contributed by atoms with Crippen LogP contribution in [-0.4, -0.2) is 55.6 Å². The third kappa shape index (κ3) is 8.51. The first-order chi connectivity index (χ1) is 19.5. The average molecular weight is 586 g/mol. The molecule has 1 fully saturated rings. The molecule has 0 spiro atoms. The van der Waals surface area contributed by atoms with Crippen molar-refractivity contribution in [1.82, 2.24) is 10.6 Å². The Kier molecular flexibility index (Phi) is 11.3. The lowest BCUT2D eigenvalue weighted by molar-refractivity contribution is -0.164. The summed E-state index contributed by atoms with van der Waals surface area (Å²) >= 11 is 6.18. The molecule has 0 bridgehead atoms. The van der Waals surface area contributed by atoms with Gasteiger partial charge in [-0.05, 0) is 62.1 Å². The van der Waals surface area contributed by atoms with Crippen LogP contribution in [-0.2, 0) is 4.74 Å². The zero-order chi connectivity index (χ0) is 30.0. The van der Waals surface area contributed by atoms with E-state index in [2.05, 4.69) is 44.4 Å². The summed E-state index contributed by atoms with van der Waals surface area (Å²) in [7, 11) is 0. The maximum Gasteiger partial charge on any atom is 0.404 e. The number of nitrogens with zero attached hydrogens (tertiary/aromatic N) is 1. The Morgan fingerprint density at radius 3 is 2.22 bits per heavy atom. The van der Waals surface area contributed by atoms with Crippen molar-refractivity contribution in [3.05, 3.63) is 58.6 Å². The molecule has 2 aromatic carbocycles. The van der Waals surface area contributed by atoms with Crippen LogP contribution < -0.4 is 20.1 Å². The fourth-order valence-electron chi connectivity index (χ4n) is 5.66. The SMILES string of the molecule is CC1(C)C(NC(=O)c2ccc(OCCCCCOCCCNC(=O)O)cc2)C(C)(C)C1Oc1ccc(C#N)c(Cl)c1. The second kappa shape index (κ2) is 14.4. The Balaban J connectivity index is 1.40. The van der Waals surface area contributed by atoms with Crippen LogP contribution >= 0.6 is 11.6 Å². The average Bonchev–Trinajstić information content (AvgIpc) is 2.93. The van der Waals surface area contributed by atoms with E-state index in [9.17, 15) is 9.59 Å². The van der Waals surface area contributed by atoms with Crippen LogP contribution in [0, 0.1) is 22.2 Å². The Labute approximate surface area is 247 Å². The zero-order valence-electron chi connectivity index (χ0n) is 24.2. The van der Waals surface area contributed by atoms with Crippen LogP contribution in [0.15, 0.2) is 42.5 Å². The molecular formula is C31H40ClN3O6. The summed E-state index contributed by atoms with van der Waals surface area (Å²) in [5.74, 6) is 1.15. The normalized spacial score (nSPS) is 18.4. The van der Waals surface area contributed by atoms with Crippen LogP contribution in [0.4, 0.5) is 4.79 Å². The van der Waals surface area contributed by atoms with Crippen molar-refractivity contribution in [2.24, 2.45) is 10.8 Å². The molecule has 3 N–H and O–H groups in total. The fourth-order valence-corrected chi connectivity index (χ4v) is 5.87. The van der Waals surface area contributed by atoms with Gasteiger partial charge in [-0.15, -0.1) is 0 Å². The third-order valence-electron chi connectivity index (χ3n) is 7.49. The van der Waals surface area contributed by atoms with Gasteiger partial charge in [0.05, 0.1) is 17.2 Å². The smallest absolute Gasteiger partial charge is 0.404 e. The lowest BCUT2D eigenvalue weighted by atomic mass is 9.49. The second-order valence-electron chi connectivity index (χ2n) is 11.4. The van der Waals surface area contributed by atoms with Gasteiger partial charge >= 0.3 is 6.09 Å². The summed E-state index contributed by atoms with van der Waals surface area (Å²) in [5.41, 5.74) is 0.273. The van der Waals surface area contributed by atoms with Crippen molar-refractivity contribution < 1.29 is 28.9 Å². The first-order valence-corrected chi connectivity index (χ1v) is 14.3. The lowest BCUT2D eigenvalue weighted by Crippen LogP contribution is -2.74. The number of amides is 2. The van der Waals surface area contributed by atoms with Gasteiger partial charge < -0.3 is 30.0 Å². The lowest BCUT2D eigenvalue weighted by Gasteiger charge is -2.63. The highest BCUT2D eigenvalue weighted by molar-refractivity contribution is 6.31. The van der Waals surface area contributed by atoms with Gasteiger partial charge in [0.1, 0.15) is 23.7 Å². The Bertz CT molecular complexity index is 1210. The Morgan fingerprint density at radius 1 is 0.951 bits per heavy atom. The molecule has 41 heavy (non-hydrogen) atoms. The number of carbonyl (C=O) groups excluding carboxylic acids is 1. The monoisotopic (exact) mass is 585 g/mol. The highest BCUT2D eigenvalue weighted by Crippen LogP contribution is 2.55. The molecule has 0 heterocycles. The molecule has 0 saturated heterocycles. The van der Waals surface area contributed by atoms with E-state index in [4.69, 9.17) is 36.2 Å². The van der Waals surface area contributed by atoms with Crippen LogP contribution in [0.2, 0.25) is 5.02 Å². The maximum absolute atomic E-state index is 13.1. The summed E-state index contributed by atoms with van der Waals surface area (Å²) in [6.45, 7) is 10.4. The molecule has 9 nitrogen and oxygen atoms in total. The van der Waals surface area contributed by atoms with Crippen molar-refractivity contribution >= 4 is 23.6 Å². The number of benzene rings is 2. The molecule has 1 aliphatic rings. The van der Waals surface area contributed by atoms with Crippen molar-refractivity contribution in [1.29, 1.82) is 5.26 Å². The van der Waals surface area contributed by atoms with E-state index in [1.807, 2.05) is 0 Å². The van der Waals surface area contributed by atoms with Gasteiger partial charge in [-0.25, -0.2) is 4.79 Å². The molecule has 3 rings (SSSR count). The van der Waals surface area contributed by atoms with Crippen LogP contribution in [0.25, 0.3) is 0 Å². The quantitative estimate of drug-likeness (QED) is 0.217. The minimum atomic E-state index is -1.02. The number of nitrogens with one attached hydrogen (secondary N) is 2. The minimum absolute atomic E-state index is 0.123. The van der Waals surface area contributed by atoms with Gasteiger partial charge in [0, 0.05) is 48.3 Å². The standard InChI is InChI=1S/C31H40ClN3O6/c1-30(2)27(31(3,4)28(30)41-24-14-11-22(20-33)25(32)19-24)35-26(36)21-9-12-23(13-10-21)40-18-7-5-6-16-39-17-8-15-34-29(37)38/h9-14,19,27-28,34H,5-8,15-18H2,1-4H3,(H,35,36)(H,37,38). The van der Waals surface area contributed by atoms with Gasteiger partial charge in [-0.3, -0.25) is 4.79 Å². The number of carbonyl (C=O) groups is 2. The van der Waals surface area contributed by atoms with Gasteiger partial charge in [0.15, 0.2) is 0 Å². The van der Waals surface area contributed by atoms with Crippen molar-refractivity contribution in [2.75, 3.05) is 26.4 Å². The molecule has 222 valence electrons. The Hall–Kier alpha value is -3.48. The zero-order valence-corrected chi connectivity index (χ0v) is 24.9. The second-order valence-corrected chi connectivity index (χ2v) is 11.8. The number of hydrogen-bond donors (Lipinski definition) is 3. The largest absolute Gasteiger partial charge is 0.494 e. The van der Waals surface area contributed by atoms with Gasteiger partial charge in [-0.2, -0.15) is 5.26 Å². The van der Waals surface area contributed by atoms with Crippen LogP contribution in [0.3, 0.4) is 0 Å². The number of ether oxygens (including phenoxy) is 3. The van der Waals surface area contributed by atoms with Gasteiger partial charge in [-0.1, -0.05) is 39.3 Å². The topological polar surface area (TPSA) is 130 Å². The van der Waals surface area contributed by atoms with Crippen LogP contribution in [0.5, 0.6) is 11.5 Å². The summed E-state index contributed by atoms with van der Waals surface area (Å²) in [6.07, 6.45) is 2.23. The van der Waals surface area contributed by atoms with Crippen molar-refractivity contribution in [3.8, 4) is 17.6 Å². The molecule has 0 radical (unpaired) electrons. The molecule has 1 saturated carbocycles. The van der Waals surface area contributed by atoms with Crippen LogP contribution in [0.1, 0.15) is 69.3 Å². The Morgan fingerprint density at radius 2 is 1.59 bits per heavy atom. The van der Waals surface area contributed by atoms with E-state index in [0.29, 0.717) is 60.4 Å². The van der Waals surface area contributed by atoms with E-state index in [0.717, 1.165) is 19.3 Å². The molecule has 0 aliphatic heterocycles. The highest BCUT2D eigenvalue weighted by atomic mass is 35.5. The van der Waals surface area contributed by atoms with Crippen molar-refractivity contribution in [3.63, 3.8) is 0 Å². The van der Waals surface area contributed by atoms with E-state index < -0.39 is 6.09 Å². The molecule has 0 aromatic heterocycles. The highest BCUT2D eigenvalue weighted by Gasteiger charge is 2.64. The van der Waals surface area contributed by atoms with Gasteiger partial charge in [0.2, 0.25) is 0 Å². The molecular weight excluding hydrogens is 546 g/mol. The van der Waals surface area contributed by atoms with Crippen molar-refractivity contribution in [2.45, 2.75) is 65.5 Å². The third-order valence-corrected chi connectivity index (χ3v) is 7.80. The number of hydrogen-bond acceptors (Lipinski definition) is 6. The molecule has 0 unspecified atom stereocenters. The number of unbranched alkanes of at least 4 members (excludes halogenated alkanes) is 2. The van der Waals surface area contributed by atoms with E-state index in [1.54, 1.807) is 42.5 Å². The van der Waals surface area contributed by atoms with E-state index in [-0.39, 0.29) is 28.9 Å². The first kappa shape index (κ1) is 32.0. The predicted octanol–water partition coefficient (Wildman–Crippen LogP) is 6.05. The number of nitriles is 1. The summed E-state index contributed by atoms with van der Waals surface area (Å²) < 4.78 is 17.6. The molecule has 1 aliphatic carbocycles. The molecule has 2 aromatic rings. The maximum atomic E-state index is 13.1. The molecule has 0 atom stereocenters. The summed E-state index contributed by atoms with van der Waals surface area (Å²) in [5, 5.41) is 23.5. The number of halogens is 1. The number of rotatable bonds is 15.